The van der Waals surface area contributed by atoms with Gasteiger partial charge in [-0.2, -0.15) is 0 Å². The van der Waals surface area contributed by atoms with Crippen molar-refractivity contribution in [2.45, 2.75) is 19.3 Å². The lowest BCUT2D eigenvalue weighted by molar-refractivity contribution is -0.196. The van der Waals surface area contributed by atoms with Gasteiger partial charge in [-0.15, -0.1) is 0 Å². The van der Waals surface area contributed by atoms with Gasteiger partial charge in [-0.25, -0.2) is 5.06 Å². The highest BCUT2D eigenvalue weighted by atomic mass is 16.7. The van der Waals surface area contributed by atoms with Crippen LogP contribution in [0.4, 0.5) is 0 Å². The number of nitrogens with zero attached hydrogens (tertiary/aromatic N) is 1. The highest BCUT2D eigenvalue weighted by molar-refractivity contribution is 5.77. The zero-order valence-electron chi connectivity index (χ0n) is 9.06. The van der Waals surface area contributed by atoms with Gasteiger partial charge in [0.25, 0.3) is 5.91 Å². The number of hydrogen-bond donors (Lipinski definition) is 1. The summed E-state index contributed by atoms with van der Waals surface area (Å²) in [5.74, 6) is 0.191. The molecule has 4 nitrogen and oxygen atoms in total. The number of carbonyl (C=O) groups is 1. The van der Waals surface area contributed by atoms with Gasteiger partial charge < -0.3 is 5.11 Å². The topological polar surface area (TPSA) is 49.8 Å². The summed E-state index contributed by atoms with van der Waals surface area (Å²) in [5.41, 5.74) is 0.886. The van der Waals surface area contributed by atoms with Crippen molar-refractivity contribution >= 4 is 5.91 Å². The summed E-state index contributed by atoms with van der Waals surface area (Å²) in [7, 11) is 0. The minimum Gasteiger partial charge on any atom is -0.508 e. The molecule has 0 radical (unpaired) electrons. The average Bonchev–Trinajstić information content (AvgIpc) is 2.33. The fourth-order valence-electron chi connectivity index (χ4n) is 1.67. The quantitative estimate of drug-likeness (QED) is 0.823. The molecule has 1 saturated heterocycles. The van der Waals surface area contributed by atoms with Crippen LogP contribution >= 0.6 is 0 Å². The molecule has 1 amide bonds. The van der Waals surface area contributed by atoms with E-state index in [0.717, 1.165) is 18.4 Å². The third-order valence-corrected chi connectivity index (χ3v) is 2.57. The van der Waals surface area contributed by atoms with E-state index in [1.807, 2.05) is 0 Å². The predicted octanol–water partition coefficient (Wildman–Crippen LogP) is 1.49. The van der Waals surface area contributed by atoms with Gasteiger partial charge in [-0.05, 0) is 30.5 Å². The first-order valence-corrected chi connectivity index (χ1v) is 5.47. The molecule has 0 spiro atoms. The van der Waals surface area contributed by atoms with E-state index in [-0.39, 0.29) is 11.7 Å². The summed E-state index contributed by atoms with van der Waals surface area (Å²) in [6.07, 6.45) is 2.34. The summed E-state index contributed by atoms with van der Waals surface area (Å²) >= 11 is 0. The Balaban J connectivity index is 1.93. The summed E-state index contributed by atoms with van der Waals surface area (Å²) in [6.45, 7) is 1.30. The van der Waals surface area contributed by atoms with Crippen LogP contribution in [0, 0.1) is 0 Å². The molecule has 16 heavy (non-hydrogen) atoms. The Morgan fingerprint density at radius 3 is 2.69 bits per heavy atom. The molecular weight excluding hydrogens is 206 g/mol. The lowest BCUT2D eigenvalue weighted by Crippen LogP contribution is -2.36. The van der Waals surface area contributed by atoms with Crippen LogP contribution in [-0.2, 0) is 16.1 Å². The Labute approximate surface area is 94.4 Å². The molecule has 1 heterocycles. The zero-order valence-corrected chi connectivity index (χ0v) is 9.06. The van der Waals surface area contributed by atoms with Crippen molar-refractivity contribution in [1.82, 2.24) is 5.06 Å². The van der Waals surface area contributed by atoms with E-state index < -0.39 is 0 Å². The van der Waals surface area contributed by atoms with Crippen LogP contribution in [0.3, 0.4) is 0 Å². The molecule has 1 aliphatic heterocycles. The molecule has 0 aromatic heterocycles. The molecule has 4 heteroatoms. The predicted molar refractivity (Wildman–Crippen MR) is 58.7 cm³/mol. The van der Waals surface area contributed by atoms with Gasteiger partial charge in [0.1, 0.15) is 5.75 Å². The number of rotatable bonds is 2. The number of phenolic OH excluding ortho intramolecular Hbond substituents is 1. The van der Waals surface area contributed by atoms with E-state index in [0.29, 0.717) is 19.6 Å². The standard InChI is InChI=1S/C12H15NO3/c14-11-5-3-10(4-6-11)9-12(15)13-7-1-2-8-16-13/h3-6,14H,1-2,7-9H2. The van der Waals surface area contributed by atoms with E-state index in [1.165, 1.54) is 5.06 Å². The number of phenols is 1. The number of hydrogen-bond acceptors (Lipinski definition) is 3. The maximum Gasteiger partial charge on any atom is 0.250 e. The van der Waals surface area contributed by atoms with E-state index >= 15 is 0 Å². The van der Waals surface area contributed by atoms with Crippen molar-refractivity contribution in [2.75, 3.05) is 13.2 Å². The van der Waals surface area contributed by atoms with Gasteiger partial charge in [-0.3, -0.25) is 9.63 Å². The normalized spacial score (nSPS) is 16.1. The van der Waals surface area contributed by atoms with Crippen LogP contribution in [0.15, 0.2) is 24.3 Å². The second kappa shape index (κ2) is 4.99. The summed E-state index contributed by atoms with van der Waals surface area (Å²) in [6, 6.07) is 6.66. The molecule has 0 saturated carbocycles. The van der Waals surface area contributed by atoms with Crippen molar-refractivity contribution in [3.8, 4) is 5.75 Å². The Morgan fingerprint density at radius 2 is 2.06 bits per heavy atom. The second-order valence-corrected chi connectivity index (χ2v) is 3.88. The van der Waals surface area contributed by atoms with Crippen molar-refractivity contribution in [1.29, 1.82) is 0 Å². The van der Waals surface area contributed by atoms with E-state index in [1.54, 1.807) is 24.3 Å². The minimum absolute atomic E-state index is 0.0228. The smallest absolute Gasteiger partial charge is 0.250 e. The fraction of sp³-hybridized carbons (Fsp3) is 0.417. The SMILES string of the molecule is O=C(Cc1ccc(O)cc1)N1CCCCO1. The van der Waals surface area contributed by atoms with Crippen molar-refractivity contribution in [2.24, 2.45) is 0 Å². The monoisotopic (exact) mass is 221 g/mol. The molecule has 0 atom stereocenters. The van der Waals surface area contributed by atoms with E-state index in [9.17, 15) is 4.79 Å². The Hall–Kier alpha value is -1.55. The molecule has 1 aromatic carbocycles. The molecule has 86 valence electrons. The molecule has 0 aliphatic carbocycles. The van der Waals surface area contributed by atoms with Crippen LogP contribution in [0.1, 0.15) is 18.4 Å². The largest absolute Gasteiger partial charge is 0.508 e. The highest BCUT2D eigenvalue weighted by Gasteiger charge is 2.17. The van der Waals surface area contributed by atoms with E-state index in [2.05, 4.69) is 0 Å². The summed E-state index contributed by atoms with van der Waals surface area (Å²) in [5, 5.41) is 10.6. The third kappa shape index (κ3) is 2.73. The Bertz CT molecular complexity index is 355. The fourth-order valence-corrected chi connectivity index (χ4v) is 1.67. The maximum absolute atomic E-state index is 11.8. The molecule has 0 unspecified atom stereocenters. The first-order valence-electron chi connectivity index (χ1n) is 5.47. The summed E-state index contributed by atoms with van der Waals surface area (Å²) < 4.78 is 0. The van der Waals surface area contributed by atoms with Gasteiger partial charge in [0.15, 0.2) is 0 Å². The van der Waals surface area contributed by atoms with E-state index in [4.69, 9.17) is 9.94 Å². The zero-order chi connectivity index (χ0) is 11.4. The van der Waals surface area contributed by atoms with Crippen LogP contribution < -0.4 is 0 Å². The molecular formula is C12H15NO3. The second-order valence-electron chi connectivity index (χ2n) is 3.88. The van der Waals surface area contributed by atoms with Crippen molar-refractivity contribution in [3.05, 3.63) is 29.8 Å². The molecule has 1 fully saturated rings. The minimum atomic E-state index is -0.0228. The highest BCUT2D eigenvalue weighted by Crippen LogP contribution is 2.12. The van der Waals surface area contributed by atoms with Crippen LogP contribution in [0.25, 0.3) is 0 Å². The van der Waals surface area contributed by atoms with Crippen LogP contribution in [0.2, 0.25) is 0 Å². The van der Waals surface area contributed by atoms with Gasteiger partial charge >= 0.3 is 0 Å². The first kappa shape index (κ1) is 11.0. The molecule has 1 N–H and O–H groups in total. The molecule has 2 rings (SSSR count). The van der Waals surface area contributed by atoms with Crippen molar-refractivity contribution < 1.29 is 14.7 Å². The van der Waals surface area contributed by atoms with Crippen LogP contribution in [0.5, 0.6) is 5.75 Å². The van der Waals surface area contributed by atoms with Gasteiger partial charge in [0.2, 0.25) is 0 Å². The third-order valence-electron chi connectivity index (χ3n) is 2.57. The number of benzene rings is 1. The average molecular weight is 221 g/mol. The number of aromatic hydroxyl groups is 1. The van der Waals surface area contributed by atoms with Gasteiger partial charge in [-0.1, -0.05) is 12.1 Å². The lowest BCUT2D eigenvalue weighted by Gasteiger charge is -2.25. The summed E-state index contributed by atoms with van der Waals surface area (Å²) in [4.78, 5) is 17.1. The number of amides is 1. The van der Waals surface area contributed by atoms with Crippen molar-refractivity contribution in [3.63, 3.8) is 0 Å². The number of carbonyl (C=O) groups excluding carboxylic acids is 1. The Morgan fingerprint density at radius 1 is 1.31 bits per heavy atom. The molecule has 0 bridgehead atoms. The van der Waals surface area contributed by atoms with Gasteiger partial charge in [0.05, 0.1) is 13.0 Å². The molecule has 1 aliphatic rings. The number of hydroxylamine groups is 2. The van der Waals surface area contributed by atoms with Gasteiger partial charge in [0, 0.05) is 6.54 Å². The van der Waals surface area contributed by atoms with Crippen LogP contribution in [-0.4, -0.2) is 29.2 Å². The Kier molecular flexibility index (Phi) is 3.41. The lowest BCUT2D eigenvalue weighted by atomic mass is 10.1. The maximum atomic E-state index is 11.8. The first-order chi connectivity index (χ1) is 7.75. The molecule has 1 aromatic rings.